The molecule has 1 saturated heterocycles. The minimum atomic E-state index is -3.42. The van der Waals surface area contributed by atoms with Crippen LogP contribution >= 0.6 is 0 Å². The predicted molar refractivity (Wildman–Crippen MR) is 125 cm³/mol. The second-order valence-corrected chi connectivity index (χ2v) is 10.5. The summed E-state index contributed by atoms with van der Waals surface area (Å²) in [6.45, 7) is 3.99. The summed E-state index contributed by atoms with van der Waals surface area (Å²) in [5.41, 5.74) is 4.04. The van der Waals surface area contributed by atoms with E-state index in [0.717, 1.165) is 48.2 Å². The van der Waals surface area contributed by atoms with Crippen LogP contribution < -0.4 is 5.32 Å². The first-order valence-corrected chi connectivity index (χ1v) is 12.3. The molecule has 7 heteroatoms. The number of hydrogen-bond acceptors (Lipinski definition) is 4. The van der Waals surface area contributed by atoms with Crippen LogP contribution in [0.5, 0.6) is 0 Å². The molecule has 1 heterocycles. The SMILES string of the molecule is Cc1ccc(NC(=O)CCc2ccc(S(=O)(=O)N3CCCCC3)cc2)c(CN(C)C)c1. The highest BCUT2D eigenvalue weighted by atomic mass is 32.2. The van der Waals surface area contributed by atoms with Crippen LogP contribution in [0.3, 0.4) is 0 Å². The van der Waals surface area contributed by atoms with Crippen LogP contribution in [0.25, 0.3) is 0 Å². The fourth-order valence-electron chi connectivity index (χ4n) is 3.87. The summed E-state index contributed by atoms with van der Waals surface area (Å²) < 4.78 is 27.1. The molecule has 0 aromatic heterocycles. The zero-order chi connectivity index (χ0) is 22.4. The molecular formula is C24H33N3O3S. The maximum atomic E-state index is 12.8. The summed E-state index contributed by atoms with van der Waals surface area (Å²) in [6, 6.07) is 13.0. The Bertz CT molecular complexity index is 995. The number of rotatable bonds is 8. The number of carbonyl (C=O) groups excluding carboxylic acids is 1. The van der Waals surface area contributed by atoms with Crippen molar-refractivity contribution in [2.75, 3.05) is 32.5 Å². The number of nitrogens with one attached hydrogen (secondary N) is 1. The minimum Gasteiger partial charge on any atom is -0.326 e. The van der Waals surface area contributed by atoms with Crippen molar-refractivity contribution in [3.05, 3.63) is 59.2 Å². The molecule has 2 aromatic rings. The number of sulfonamides is 1. The maximum Gasteiger partial charge on any atom is 0.243 e. The molecule has 1 amide bonds. The monoisotopic (exact) mass is 443 g/mol. The Labute approximate surface area is 186 Å². The lowest BCUT2D eigenvalue weighted by Crippen LogP contribution is -2.35. The zero-order valence-corrected chi connectivity index (χ0v) is 19.5. The first-order chi connectivity index (χ1) is 14.8. The molecule has 0 saturated carbocycles. The standard InChI is InChI=1S/C24H33N3O3S/c1-19-7-13-23(21(17-19)18-26(2)3)25-24(28)14-10-20-8-11-22(12-9-20)31(29,30)27-15-5-4-6-16-27/h7-9,11-13,17H,4-6,10,14-16,18H2,1-3H3,(H,25,28). The number of anilines is 1. The molecule has 0 spiro atoms. The summed E-state index contributed by atoms with van der Waals surface area (Å²) in [4.78, 5) is 14.9. The van der Waals surface area contributed by atoms with Crippen LogP contribution in [0.4, 0.5) is 5.69 Å². The molecule has 1 aliphatic rings. The molecular weight excluding hydrogens is 410 g/mol. The van der Waals surface area contributed by atoms with E-state index in [0.29, 0.717) is 30.8 Å². The van der Waals surface area contributed by atoms with Gasteiger partial charge >= 0.3 is 0 Å². The third-order valence-corrected chi connectivity index (χ3v) is 7.45. The molecule has 0 radical (unpaired) electrons. The van der Waals surface area contributed by atoms with E-state index in [1.54, 1.807) is 16.4 Å². The highest BCUT2D eigenvalue weighted by molar-refractivity contribution is 7.89. The Morgan fingerprint density at radius 1 is 1.03 bits per heavy atom. The molecule has 6 nitrogen and oxygen atoms in total. The van der Waals surface area contributed by atoms with Crippen molar-refractivity contribution in [3.8, 4) is 0 Å². The number of aryl methyl sites for hydroxylation is 2. The van der Waals surface area contributed by atoms with E-state index in [4.69, 9.17) is 0 Å². The van der Waals surface area contributed by atoms with Gasteiger partial charge in [0.1, 0.15) is 0 Å². The lowest BCUT2D eigenvalue weighted by molar-refractivity contribution is -0.116. The first kappa shape index (κ1) is 23.4. The fourth-order valence-corrected chi connectivity index (χ4v) is 5.39. The highest BCUT2D eigenvalue weighted by Crippen LogP contribution is 2.22. The predicted octanol–water partition coefficient (Wildman–Crippen LogP) is 3.80. The van der Waals surface area contributed by atoms with Crippen LogP contribution in [0, 0.1) is 6.92 Å². The number of carbonyl (C=O) groups is 1. The summed E-state index contributed by atoms with van der Waals surface area (Å²) >= 11 is 0. The third kappa shape index (κ3) is 6.38. The lowest BCUT2D eigenvalue weighted by atomic mass is 10.1. The van der Waals surface area contributed by atoms with Crippen molar-refractivity contribution in [2.45, 2.75) is 50.5 Å². The van der Waals surface area contributed by atoms with E-state index < -0.39 is 10.0 Å². The summed E-state index contributed by atoms with van der Waals surface area (Å²) in [7, 11) is 0.587. The lowest BCUT2D eigenvalue weighted by Gasteiger charge is -2.25. The Hall–Kier alpha value is -2.22. The van der Waals surface area contributed by atoms with Gasteiger partial charge < -0.3 is 10.2 Å². The Kier molecular flexibility index (Phi) is 7.86. The highest BCUT2D eigenvalue weighted by Gasteiger charge is 2.25. The van der Waals surface area contributed by atoms with E-state index in [1.165, 1.54) is 0 Å². The van der Waals surface area contributed by atoms with Gasteiger partial charge in [0, 0.05) is 31.7 Å². The summed E-state index contributed by atoms with van der Waals surface area (Å²) in [5, 5.41) is 3.02. The minimum absolute atomic E-state index is 0.0473. The molecule has 168 valence electrons. The van der Waals surface area contributed by atoms with Gasteiger partial charge in [0.05, 0.1) is 4.90 Å². The molecule has 0 atom stereocenters. The second kappa shape index (κ2) is 10.4. The Balaban J connectivity index is 1.59. The van der Waals surface area contributed by atoms with Crippen LogP contribution in [-0.2, 0) is 27.8 Å². The molecule has 1 fully saturated rings. The summed E-state index contributed by atoms with van der Waals surface area (Å²) in [6.07, 6.45) is 3.83. The second-order valence-electron chi connectivity index (χ2n) is 8.56. The van der Waals surface area contributed by atoms with E-state index in [-0.39, 0.29) is 5.91 Å². The van der Waals surface area contributed by atoms with E-state index >= 15 is 0 Å². The maximum absolute atomic E-state index is 12.8. The van der Waals surface area contributed by atoms with Crippen molar-refractivity contribution in [3.63, 3.8) is 0 Å². The van der Waals surface area contributed by atoms with Gasteiger partial charge in [-0.3, -0.25) is 4.79 Å². The fraction of sp³-hybridized carbons (Fsp3) is 0.458. The average Bonchev–Trinajstić information content (AvgIpc) is 2.75. The van der Waals surface area contributed by atoms with Gasteiger partial charge in [0.15, 0.2) is 0 Å². The largest absolute Gasteiger partial charge is 0.326 e. The molecule has 2 aromatic carbocycles. The third-order valence-electron chi connectivity index (χ3n) is 5.54. The quantitative estimate of drug-likeness (QED) is 0.674. The topological polar surface area (TPSA) is 69.7 Å². The number of hydrogen-bond donors (Lipinski definition) is 1. The number of nitrogens with zero attached hydrogens (tertiary/aromatic N) is 2. The van der Waals surface area contributed by atoms with Crippen molar-refractivity contribution in [1.82, 2.24) is 9.21 Å². The van der Waals surface area contributed by atoms with Crippen molar-refractivity contribution >= 4 is 21.6 Å². The number of amides is 1. The van der Waals surface area contributed by atoms with Gasteiger partial charge in [-0.1, -0.05) is 36.2 Å². The smallest absolute Gasteiger partial charge is 0.243 e. The molecule has 31 heavy (non-hydrogen) atoms. The van der Waals surface area contributed by atoms with E-state index in [2.05, 4.69) is 16.3 Å². The van der Waals surface area contributed by atoms with Crippen LogP contribution in [0.1, 0.15) is 42.4 Å². The molecule has 3 rings (SSSR count). The van der Waals surface area contributed by atoms with Crippen LogP contribution in [0.2, 0.25) is 0 Å². The van der Waals surface area contributed by atoms with Crippen LogP contribution in [0.15, 0.2) is 47.4 Å². The first-order valence-electron chi connectivity index (χ1n) is 10.9. The molecule has 0 aliphatic carbocycles. The van der Waals surface area contributed by atoms with Gasteiger partial charge in [-0.05, 0) is 69.6 Å². The van der Waals surface area contributed by atoms with Crippen LogP contribution in [-0.4, -0.2) is 50.7 Å². The Morgan fingerprint density at radius 2 is 1.71 bits per heavy atom. The Morgan fingerprint density at radius 3 is 2.35 bits per heavy atom. The van der Waals surface area contributed by atoms with Gasteiger partial charge in [0.2, 0.25) is 15.9 Å². The number of benzene rings is 2. The molecule has 1 N–H and O–H groups in total. The molecule has 0 unspecified atom stereocenters. The zero-order valence-electron chi connectivity index (χ0n) is 18.7. The van der Waals surface area contributed by atoms with E-state index in [1.807, 2.05) is 45.3 Å². The normalized spacial score (nSPS) is 15.2. The van der Waals surface area contributed by atoms with Crippen molar-refractivity contribution in [2.24, 2.45) is 0 Å². The molecule has 0 bridgehead atoms. The molecule has 1 aliphatic heterocycles. The van der Waals surface area contributed by atoms with Crippen molar-refractivity contribution < 1.29 is 13.2 Å². The summed E-state index contributed by atoms with van der Waals surface area (Å²) in [5.74, 6) is -0.0473. The number of piperidine rings is 1. The van der Waals surface area contributed by atoms with E-state index in [9.17, 15) is 13.2 Å². The average molecular weight is 444 g/mol. The van der Waals surface area contributed by atoms with Gasteiger partial charge in [-0.2, -0.15) is 4.31 Å². The van der Waals surface area contributed by atoms with Gasteiger partial charge in [0.25, 0.3) is 0 Å². The van der Waals surface area contributed by atoms with Gasteiger partial charge in [-0.25, -0.2) is 8.42 Å². The van der Waals surface area contributed by atoms with Crippen molar-refractivity contribution in [1.29, 1.82) is 0 Å². The van der Waals surface area contributed by atoms with Gasteiger partial charge in [-0.15, -0.1) is 0 Å².